The monoisotopic (exact) mass is 657 g/mol. The Morgan fingerprint density at radius 1 is 1.13 bits per heavy atom. The number of alkyl carbamates (subject to hydrolysis) is 1. The predicted molar refractivity (Wildman–Crippen MR) is 158 cm³/mol. The van der Waals surface area contributed by atoms with Gasteiger partial charge < -0.3 is 35.0 Å². The van der Waals surface area contributed by atoms with Gasteiger partial charge in [-0.25, -0.2) is 14.6 Å². The molecule has 0 aliphatic carbocycles. The van der Waals surface area contributed by atoms with Gasteiger partial charge in [-0.2, -0.15) is 13.2 Å². The molecule has 0 radical (unpaired) electrons. The van der Waals surface area contributed by atoms with Gasteiger partial charge in [-0.05, 0) is 50.5 Å². The van der Waals surface area contributed by atoms with Crippen molar-refractivity contribution in [1.82, 2.24) is 20.5 Å². The van der Waals surface area contributed by atoms with Gasteiger partial charge in [0.15, 0.2) is 11.7 Å². The van der Waals surface area contributed by atoms with E-state index in [1.165, 1.54) is 21.6 Å². The third-order valence-electron chi connectivity index (χ3n) is 5.71. The first-order chi connectivity index (χ1) is 21.2. The van der Waals surface area contributed by atoms with Crippen LogP contribution in [-0.2, 0) is 32.3 Å². The van der Waals surface area contributed by atoms with Crippen LogP contribution in [0.1, 0.15) is 44.0 Å². The number of thiazole rings is 1. The second-order valence-electron chi connectivity index (χ2n) is 10.4. The highest BCUT2D eigenvalue weighted by Crippen LogP contribution is 2.27. The van der Waals surface area contributed by atoms with Crippen LogP contribution in [0.2, 0.25) is 0 Å². The van der Waals surface area contributed by atoms with Crippen LogP contribution in [0.5, 0.6) is 5.75 Å². The van der Waals surface area contributed by atoms with Crippen molar-refractivity contribution in [2.75, 3.05) is 38.7 Å². The number of aliphatic imine (C=N–C) groups is 1. The SMILES string of the molecule is CNc1nc(/C(=N/OCCOc2ccc3c(c2)CN(C(=NCCCNC(=O)OC(C)(C)C)NC(=O)C(F)(F)F)C3)C(=O)O)cs1. The average Bonchev–Trinajstić information content (AvgIpc) is 3.59. The molecule has 45 heavy (non-hydrogen) atoms. The van der Waals surface area contributed by atoms with Crippen LogP contribution in [0.4, 0.5) is 23.1 Å². The zero-order chi connectivity index (χ0) is 33.2. The Bertz CT molecular complexity index is 1420. The Morgan fingerprint density at radius 3 is 2.51 bits per heavy atom. The Balaban J connectivity index is 1.56. The van der Waals surface area contributed by atoms with Crippen molar-refractivity contribution in [2.45, 2.75) is 52.1 Å². The number of nitrogens with one attached hydrogen (secondary N) is 3. The van der Waals surface area contributed by atoms with E-state index in [2.05, 4.69) is 25.8 Å². The summed E-state index contributed by atoms with van der Waals surface area (Å²) in [5.74, 6) is -3.28. The summed E-state index contributed by atoms with van der Waals surface area (Å²) in [7, 11) is 1.65. The number of carbonyl (C=O) groups is 3. The van der Waals surface area contributed by atoms with Crippen LogP contribution in [0.15, 0.2) is 33.7 Å². The molecule has 0 saturated heterocycles. The molecule has 0 atom stereocenters. The number of fused-ring (bicyclic) bond motifs is 1. The third-order valence-corrected chi connectivity index (χ3v) is 6.57. The summed E-state index contributed by atoms with van der Waals surface area (Å²) in [5, 5.41) is 22.3. The number of halogens is 3. The van der Waals surface area contributed by atoms with Crippen LogP contribution >= 0.6 is 11.3 Å². The molecular formula is C27H34F3N7O7S. The van der Waals surface area contributed by atoms with E-state index in [1.807, 2.05) is 5.32 Å². The standard InChI is InChI=1S/C27H34F3N7O7S/c1-26(2,3)44-25(41)33-9-5-8-32-23(35-22(40)27(28,29)30)37-13-16-6-7-18(12-17(16)14-37)42-10-11-43-36-20(21(38)39)19-15-45-24(31-4)34-19/h6-7,12,15H,5,8-11,13-14H2,1-4H3,(H,31,34)(H,33,41)(H,38,39)(H,32,35,40)/b36-20-. The molecular weight excluding hydrogens is 623 g/mol. The molecule has 2 aromatic rings. The first-order valence-electron chi connectivity index (χ1n) is 13.6. The molecule has 2 heterocycles. The van der Waals surface area contributed by atoms with Crippen LogP contribution in [0.3, 0.4) is 0 Å². The summed E-state index contributed by atoms with van der Waals surface area (Å²) in [6, 6.07) is 5.10. The van der Waals surface area contributed by atoms with Crippen molar-refractivity contribution in [3.63, 3.8) is 0 Å². The fraction of sp³-hybridized carbons (Fsp3) is 0.481. The highest BCUT2D eigenvalue weighted by atomic mass is 32.1. The second kappa shape index (κ2) is 15.4. The molecule has 0 spiro atoms. The number of carboxylic acid groups (broad SMARTS) is 1. The van der Waals surface area contributed by atoms with E-state index in [4.69, 9.17) is 14.3 Å². The van der Waals surface area contributed by atoms with E-state index < -0.39 is 29.7 Å². The lowest BCUT2D eigenvalue weighted by Gasteiger charge is -2.21. The van der Waals surface area contributed by atoms with Gasteiger partial charge >= 0.3 is 24.1 Å². The lowest BCUT2D eigenvalue weighted by atomic mass is 10.1. The summed E-state index contributed by atoms with van der Waals surface area (Å²) in [4.78, 5) is 49.9. The Morgan fingerprint density at radius 2 is 1.87 bits per heavy atom. The first-order valence-corrected chi connectivity index (χ1v) is 14.5. The molecule has 3 rings (SSSR count). The maximum absolute atomic E-state index is 13.0. The van der Waals surface area contributed by atoms with Crippen molar-refractivity contribution in [2.24, 2.45) is 10.1 Å². The zero-order valence-electron chi connectivity index (χ0n) is 25.0. The number of ether oxygens (including phenoxy) is 2. The lowest BCUT2D eigenvalue weighted by Crippen LogP contribution is -2.47. The van der Waals surface area contributed by atoms with Crippen LogP contribution < -0.4 is 20.7 Å². The number of carbonyl (C=O) groups excluding carboxylic acids is 2. The van der Waals surface area contributed by atoms with Crippen molar-refractivity contribution in [3.8, 4) is 5.75 Å². The molecule has 0 saturated carbocycles. The minimum Gasteiger partial charge on any atom is -0.490 e. The molecule has 1 aromatic carbocycles. The number of guanidine groups is 1. The Kier molecular flexibility index (Phi) is 11.9. The van der Waals surface area contributed by atoms with Gasteiger partial charge in [0.25, 0.3) is 0 Å². The smallest absolute Gasteiger partial charge is 0.471 e. The molecule has 1 aliphatic rings. The van der Waals surface area contributed by atoms with Gasteiger partial charge in [-0.1, -0.05) is 11.2 Å². The fourth-order valence-corrected chi connectivity index (χ4v) is 4.43. The summed E-state index contributed by atoms with van der Waals surface area (Å²) >= 11 is 1.21. The van der Waals surface area contributed by atoms with E-state index in [1.54, 1.807) is 46.0 Å². The molecule has 1 aromatic heterocycles. The van der Waals surface area contributed by atoms with Crippen molar-refractivity contribution >= 4 is 46.1 Å². The summed E-state index contributed by atoms with van der Waals surface area (Å²) in [6.07, 6.45) is -5.46. The second-order valence-corrected chi connectivity index (χ2v) is 11.3. The molecule has 14 nitrogen and oxygen atoms in total. The highest BCUT2D eigenvalue weighted by molar-refractivity contribution is 7.14. The third kappa shape index (κ3) is 11.1. The minimum atomic E-state index is -5.11. The van der Waals surface area contributed by atoms with Crippen LogP contribution in [0.25, 0.3) is 0 Å². The van der Waals surface area contributed by atoms with Gasteiger partial charge in [-0.3, -0.25) is 15.1 Å². The largest absolute Gasteiger partial charge is 0.490 e. The average molecular weight is 658 g/mol. The highest BCUT2D eigenvalue weighted by Gasteiger charge is 2.40. The molecule has 0 fully saturated rings. The number of benzene rings is 1. The van der Waals surface area contributed by atoms with E-state index in [9.17, 15) is 32.7 Å². The summed E-state index contributed by atoms with van der Waals surface area (Å²) < 4.78 is 49.9. The van der Waals surface area contributed by atoms with Gasteiger partial charge in [0.05, 0.1) is 0 Å². The zero-order valence-corrected chi connectivity index (χ0v) is 25.8. The van der Waals surface area contributed by atoms with Crippen LogP contribution in [0, 0.1) is 0 Å². The lowest BCUT2D eigenvalue weighted by molar-refractivity contribution is -0.172. The quantitative estimate of drug-likeness (QED) is 0.115. The van der Waals surface area contributed by atoms with Gasteiger partial charge in [0, 0.05) is 38.6 Å². The molecule has 18 heteroatoms. The summed E-state index contributed by atoms with van der Waals surface area (Å²) in [6.45, 7) is 5.59. The van der Waals surface area contributed by atoms with E-state index >= 15 is 0 Å². The molecule has 4 N–H and O–H groups in total. The number of hydrogen-bond donors (Lipinski definition) is 4. The molecule has 0 unspecified atom stereocenters. The molecule has 1 aliphatic heterocycles. The normalized spacial score (nSPS) is 13.6. The van der Waals surface area contributed by atoms with E-state index in [0.717, 1.165) is 11.1 Å². The van der Waals surface area contributed by atoms with Gasteiger partial charge in [0.1, 0.15) is 23.7 Å². The predicted octanol–water partition coefficient (Wildman–Crippen LogP) is 3.33. The number of nitrogens with zero attached hydrogens (tertiary/aromatic N) is 4. The number of amides is 2. The number of rotatable bonds is 12. The number of alkyl halides is 3. The first kappa shape index (κ1) is 34.9. The van der Waals surface area contributed by atoms with E-state index in [-0.39, 0.29) is 63.2 Å². The Labute approximate surface area is 260 Å². The maximum Gasteiger partial charge on any atom is 0.471 e. The number of aromatic nitrogens is 1. The number of anilines is 1. The van der Waals surface area contributed by atoms with Crippen LogP contribution in [-0.4, -0.2) is 89.8 Å². The molecule has 2 amide bonds. The van der Waals surface area contributed by atoms with Gasteiger partial charge in [-0.15, -0.1) is 11.3 Å². The Hall–Kier alpha value is -4.61. The topological polar surface area (TPSA) is 176 Å². The summed E-state index contributed by atoms with van der Waals surface area (Å²) in [5.41, 5.74) is 0.635. The van der Waals surface area contributed by atoms with Gasteiger partial charge in [0.2, 0.25) is 11.7 Å². The van der Waals surface area contributed by atoms with Crippen molar-refractivity contribution < 1.29 is 47.0 Å². The molecule has 0 bridgehead atoms. The number of hydrogen-bond acceptors (Lipinski definition) is 11. The van der Waals surface area contributed by atoms with E-state index in [0.29, 0.717) is 10.9 Å². The van der Waals surface area contributed by atoms with Crippen molar-refractivity contribution in [3.05, 3.63) is 40.4 Å². The minimum absolute atomic E-state index is 0.0173. The van der Waals surface area contributed by atoms with Crippen molar-refractivity contribution in [1.29, 1.82) is 0 Å². The number of carboxylic acids is 1. The molecule has 246 valence electrons. The maximum atomic E-state index is 13.0. The number of oxime groups is 1. The number of aliphatic carboxylic acids is 1. The fourth-order valence-electron chi connectivity index (χ4n) is 3.77.